The van der Waals surface area contributed by atoms with E-state index in [1.54, 1.807) is 0 Å². The number of hydrogen-bond acceptors (Lipinski definition) is 2. The van der Waals surface area contributed by atoms with Crippen molar-refractivity contribution in [3.8, 4) is 0 Å². The van der Waals surface area contributed by atoms with E-state index in [2.05, 4.69) is 96.5 Å². The maximum Gasteiger partial charge on any atom is 0.170 e. The summed E-state index contributed by atoms with van der Waals surface area (Å²) in [6.45, 7) is 13.7. The van der Waals surface area contributed by atoms with Crippen LogP contribution in [-0.2, 0) is 13.1 Å². The Bertz CT molecular complexity index is 790. The van der Waals surface area contributed by atoms with Crippen molar-refractivity contribution in [2.24, 2.45) is 11.8 Å². The highest BCUT2D eigenvalue weighted by Crippen LogP contribution is 2.16. The zero-order chi connectivity index (χ0) is 30.1. The number of rotatable bonds is 27. The Kier molecular flexibility index (Phi) is 20.9. The van der Waals surface area contributed by atoms with Crippen molar-refractivity contribution in [2.75, 3.05) is 23.7 Å². The van der Waals surface area contributed by atoms with Gasteiger partial charge in [-0.2, -0.15) is 0 Å². The lowest BCUT2D eigenvalue weighted by molar-refractivity contribution is -0.697. The van der Waals surface area contributed by atoms with Gasteiger partial charge >= 0.3 is 0 Å². The van der Waals surface area contributed by atoms with E-state index >= 15 is 0 Å². The molecule has 0 amide bonds. The van der Waals surface area contributed by atoms with Gasteiger partial charge in [0.15, 0.2) is 24.8 Å². The molecule has 0 aliphatic carbocycles. The van der Waals surface area contributed by atoms with Crippen molar-refractivity contribution < 1.29 is 9.13 Å². The maximum absolute atomic E-state index is 3.65. The fourth-order valence-corrected chi connectivity index (χ4v) is 5.86. The molecule has 0 aliphatic rings. The number of hydrogen-bond donors (Lipinski definition) is 2. The van der Waals surface area contributed by atoms with Crippen LogP contribution in [0.4, 0.5) is 11.4 Å². The Morgan fingerprint density at radius 1 is 0.476 bits per heavy atom. The molecular formula is C38H68N4+2. The molecule has 0 aliphatic heterocycles. The van der Waals surface area contributed by atoms with Gasteiger partial charge in [-0.25, -0.2) is 9.13 Å². The number of aryl methyl sites for hydroxylation is 2. The highest BCUT2D eigenvalue weighted by Gasteiger charge is 2.08. The molecule has 4 heteroatoms. The second-order valence-corrected chi connectivity index (χ2v) is 12.8. The first kappa shape index (κ1) is 36.1. The fraction of sp³-hybridized carbons (Fsp3) is 0.737. The van der Waals surface area contributed by atoms with Gasteiger partial charge in [0.25, 0.3) is 0 Å². The molecule has 0 saturated heterocycles. The molecule has 0 fully saturated rings. The van der Waals surface area contributed by atoms with Crippen LogP contribution in [0.3, 0.4) is 0 Å². The largest absolute Gasteiger partial charge is 0.384 e. The van der Waals surface area contributed by atoms with E-state index in [4.69, 9.17) is 0 Å². The third-order valence-electron chi connectivity index (χ3n) is 9.14. The number of nitrogens with zero attached hydrogens (tertiary/aromatic N) is 2. The quantitative estimate of drug-likeness (QED) is 0.0814. The Labute approximate surface area is 261 Å². The summed E-state index contributed by atoms with van der Waals surface area (Å²) in [6, 6.07) is 8.99. The van der Waals surface area contributed by atoms with Crippen LogP contribution in [0.25, 0.3) is 0 Å². The molecule has 2 atom stereocenters. The summed E-state index contributed by atoms with van der Waals surface area (Å²) in [5, 5.41) is 7.30. The van der Waals surface area contributed by atoms with Crippen molar-refractivity contribution >= 4 is 11.4 Å². The second kappa shape index (κ2) is 24.4. The third kappa shape index (κ3) is 17.1. The van der Waals surface area contributed by atoms with Crippen molar-refractivity contribution in [1.29, 1.82) is 0 Å². The monoisotopic (exact) mass is 581 g/mol. The number of nitrogens with one attached hydrogen (secondary N) is 2. The summed E-state index contributed by atoms with van der Waals surface area (Å²) in [7, 11) is 0. The Hall–Kier alpha value is -2.10. The molecule has 0 spiro atoms. The Morgan fingerprint density at radius 2 is 0.810 bits per heavy atom. The van der Waals surface area contributed by atoms with E-state index < -0.39 is 0 Å². The number of anilines is 2. The zero-order valence-corrected chi connectivity index (χ0v) is 28.2. The van der Waals surface area contributed by atoms with Gasteiger partial charge in [0.05, 0.1) is 0 Å². The van der Waals surface area contributed by atoms with E-state index in [0.29, 0.717) is 0 Å². The highest BCUT2D eigenvalue weighted by molar-refractivity contribution is 5.40. The standard InChI is InChI=1S/C38H66N4/c1-5-9-21-35(7-3)33-39-37-23-29-41(30-24-37)27-19-17-15-13-11-12-14-16-18-20-28-42-31-25-38(26-32-42)40-34-36(8-4)22-10-6-2/h23-26,29-32,35-36H,5-22,27-28,33-34H2,1-4H3/p+2. The summed E-state index contributed by atoms with van der Waals surface area (Å²) >= 11 is 0. The fourth-order valence-electron chi connectivity index (χ4n) is 5.86. The van der Waals surface area contributed by atoms with Crippen LogP contribution in [0, 0.1) is 11.8 Å². The number of unbranched alkanes of at least 4 members (excludes halogenated alkanes) is 11. The Morgan fingerprint density at radius 3 is 1.12 bits per heavy atom. The van der Waals surface area contributed by atoms with Crippen LogP contribution in [0.2, 0.25) is 0 Å². The molecule has 0 aromatic carbocycles. The van der Waals surface area contributed by atoms with Gasteiger partial charge in [0.2, 0.25) is 0 Å². The molecule has 2 unspecified atom stereocenters. The van der Waals surface area contributed by atoms with Gasteiger partial charge in [-0.15, -0.1) is 0 Å². The van der Waals surface area contributed by atoms with E-state index in [1.165, 1.54) is 127 Å². The molecule has 238 valence electrons. The van der Waals surface area contributed by atoms with E-state index in [9.17, 15) is 0 Å². The first-order valence-electron chi connectivity index (χ1n) is 18.1. The predicted octanol–water partition coefficient (Wildman–Crippen LogP) is 10.1. The van der Waals surface area contributed by atoms with E-state index in [1.807, 2.05) is 0 Å². The van der Waals surface area contributed by atoms with Crippen LogP contribution >= 0.6 is 0 Å². The lowest BCUT2D eigenvalue weighted by atomic mass is 9.99. The first-order chi connectivity index (χ1) is 20.7. The molecule has 2 heterocycles. The minimum absolute atomic E-state index is 0.798. The van der Waals surface area contributed by atoms with Gasteiger partial charge in [0, 0.05) is 61.6 Å². The minimum atomic E-state index is 0.798. The van der Waals surface area contributed by atoms with Gasteiger partial charge < -0.3 is 10.6 Å². The molecule has 2 aromatic rings. The topological polar surface area (TPSA) is 31.8 Å². The van der Waals surface area contributed by atoms with Gasteiger partial charge in [-0.1, -0.05) is 105 Å². The minimum Gasteiger partial charge on any atom is -0.384 e. The van der Waals surface area contributed by atoms with Crippen molar-refractivity contribution in [1.82, 2.24) is 0 Å². The van der Waals surface area contributed by atoms with Crippen LogP contribution in [0.5, 0.6) is 0 Å². The summed E-state index contributed by atoms with van der Waals surface area (Å²) in [5.74, 6) is 1.60. The lowest BCUT2D eigenvalue weighted by Crippen LogP contribution is -2.32. The molecule has 0 radical (unpaired) electrons. The van der Waals surface area contributed by atoms with Crippen LogP contribution in [0.15, 0.2) is 49.1 Å². The smallest absolute Gasteiger partial charge is 0.170 e. The van der Waals surface area contributed by atoms with Gasteiger partial charge in [0.1, 0.15) is 13.1 Å². The first-order valence-corrected chi connectivity index (χ1v) is 18.1. The summed E-state index contributed by atoms with van der Waals surface area (Å²) < 4.78 is 4.69. The Balaban J connectivity index is 1.41. The lowest BCUT2D eigenvalue weighted by Gasteiger charge is -2.15. The van der Waals surface area contributed by atoms with Crippen LogP contribution in [-0.4, -0.2) is 13.1 Å². The number of aromatic nitrogens is 2. The molecule has 2 aromatic heterocycles. The summed E-state index contributed by atoms with van der Waals surface area (Å²) in [4.78, 5) is 0. The molecule has 0 saturated carbocycles. The molecule has 42 heavy (non-hydrogen) atoms. The molecule has 2 rings (SSSR count). The summed E-state index contributed by atoms with van der Waals surface area (Å²) in [6.07, 6.45) is 33.2. The molecule has 0 bridgehead atoms. The SMILES string of the molecule is CCCCC(CC)CNc1cc[n+](CCCCCCCCCCCC[n+]2ccc(NCC(CC)CCCC)cc2)cc1. The average molecular weight is 581 g/mol. The predicted molar refractivity (Wildman–Crippen MR) is 183 cm³/mol. The molecular weight excluding hydrogens is 512 g/mol. The summed E-state index contributed by atoms with van der Waals surface area (Å²) in [5.41, 5.74) is 2.53. The van der Waals surface area contributed by atoms with Crippen LogP contribution < -0.4 is 19.8 Å². The average Bonchev–Trinajstić information content (AvgIpc) is 3.03. The number of pyridine rings is 2. The van der Waals surface area contributed by atoms with Crippen molar-refractivity contribution in [2.45, 2.75) is 156 Å². The zero-order valence-electron chi connectivity index (χ0n) is 28.2. The van der Waals surface area contributed by atoms with E-state index in [0.717, 1.165) is 38.0 Å². The maximum atomic E-state index is 3.65. The highest BCUT2D eigenvalue weighted by atomic mass is 14.9. The van der Waals surface area contributed by atoms with Crippen molar-refractivity contribution in [3.05, 3.63) is 49.1 Å². The third-order valence-corrected chi connectivity index (χ3v) is 9.14. The normalized spacial score (nSPS) is 12.8. The van der Waals surface area contributed by atoms with Crippen molar-refractivity contribution in [3.63, 3.8) is 0 Å². The van der Waals surface area contributed by atoms with Gasteiger partial charge in [-0.3, -0.25) is 0 Å². The van der Waals surface area contributed by atoms with E-state index in [-0.39, 0.29) is 0 Å². The van der Waals surface area contributed by atoms with Gasteiger partial charge in [-0.05, 0) is 37.5 Å². The second-order valence-electron chi connectivity index (χ2n) is 12.8. The molecule has 2 N–H and O–H groups in total. The van der Waals surface area contributed by atoms with Crippen LogP contribution in [0.1, 0.15) is 143 Å². The molecule has 4 nitrogen and oxygen atoms in total.